The summed E-state index contributed by atoms with van der Waals surface area (Å²) in [7, 11) is 0. The van der Waals surface area contributed by atoms with E-state index in [1.165, 1.54) is 24.0 Å². The monoisotopic (exact) mass is 231 g/mol. The first-order chi connectivity index (χ1) is 8.24. The fourth-order valence-electron chi connectivity index (χ4n) is 2.89. The second-order valence-electron chi connectivity index (χ2n) is 5.58. The molecule has 1 aromatic carbocycles. The summed E-state index contributed by atoms with van der Waals surface area (Å²) in [5.74, 6) is 1.16. The maximum absolute atomic E-state index is 5.84. The van der Waals surface area contributed by atoms with Crippen molar-refractivity contribution in [1.82, 2.24) is 5.32 Å². The zero-order valence-electron chi connectivity index (χ0n) is 10.8. The van der Waals surface area contributed by atoms with Crippen LogP contribution in [0.3, 0.4) is 0 Å². The third-order valence-corrected chi connectivity index (χ3v) is 4.20. The zero-order valence-corrected chi connectivity index (χ0v) is 10.8. The van der Waals surface area contributed by atoms with E-state index in [2.05, 4.69) is 37.4 Å². The minimum absolute atomic E-state index is 0.442. The Balaban J connectivity index is 1.98. The van der Waals surface area contributed by atoms with Gasteiger partial charge in [0.25, 0.3) is 0 Å². The quantitative estimate of drug-likeness (QED) is 0.860. The lowest BCUT2D eigenvalue weighted by atomic mass is 9.90. The van der Waals surface area contributed by atoms with E-state index >= 15 is 0 Å². The van der Waals surface area contributed by atoms with Crippen molar-refractivity contribution in [3.63, 3.8) is 0 Å². The highest BCUT2D eigenvalue weighted by Gasteiger charge is 2.46. The summed E-state index contributed by atoms with van der Waals surface area (Å²) >= 11 is 0. The maximum Gasteiger partial charge on any atom is 0.127 e. The van der Waals surface area contributed by atoms with Gasteiger partial charge in [0.05, 0.1) is 6.61 Å². The van der Waals surface area contributed by atoms with E-state index in [0.717, 1.165) is 25.3 Å². The molecular weight excluding hydrogens is 210 g/mol. The van der Waals surface area contributed by atoms with Crippen LogP contribution >= 0.6 is 0 Å². The molecule has 1 heterocycles. The maximum atomic E-state index is 5.84. The van der Waals surface area contributed by atoms with E-state index in [0.29, 0.717) is 11.5 Å². The Morgan fingerprint density at radius 3 is 2.94 bits per heavy atom. The van der Waals surface area contributed by atoms with Crippen LogP contribution in [0.1, 0.15) is 43.9 Å². The Morgan fingerprint density at radius 1 is 1.41 bits per heavy atom. The van der Waals surface area contributed by atoms with Crippen LogP contribution in [0.15, 0.2) is 18.2 Å². The van der Waals surface area contributed by atoms with E-state index in [-0.39, 0.29) is 0 Å². The van der Waals surface area contributed by atoms with Gasteiger partial charge in [-0.25, -0.2) is 0 Å². The summed E-state index contributed by atoms with van der Waals surface area (Å²) in [5, 5.41) is 3.65. The molecule has 1 aliphatic carbocycles. The number of ether oxygens (including phenoxy) is 1. The molecule has 1 fully saturated rings. The topological polar surface area (TPSA) is 21.3 Å². The second kappa shape index (κ2) is 4.02. The van der Waals surface area contributed by atoms with Gasteiger partial charge >= 0.3 is 0 Å². The van der Waals surface area contributed by atoms with E-state index < -0.39 is 0 Å². The van der Waals surface area contributed by atoms with Crippen molar-refractivity contribution in [2.24, 2.45) is 5.41 Å². The molecule has 1 atom stereocenters. The lowest BCUT2D eigenvalue weighted by Gasteiger charge is -2.26. The first kappa shape index (κ1) is 11.1. The molecule has 0 radical (unpaired) electrons. The molecule has 0 amide bonds. The molecule has 0 bridgehead atoms. The van der Waals surface area contributed by atoms with Gasteiger partial charge in [-0.05, 0) is 30.4 Å². The molecule has 0 aromatic heterocycles. The molecule has 17 heavy (non-hydrogen) atoms. The predicted molar refractivity (Wildman–Crippen MR) is 69.4 cm³/mol. The Morgan fingerprint density at radius 2 is 2.24 bits per heavy atom. The summed E-state index contributed by atoms with van der Waals surface area (Å²) in [4.78, 5) is 0. The molecule has 2 nitrogen and oxygen atoms in total. The Bertz CT molecular complexity index is 423. The second-order valence-corrected chi connectivity index (χ2v) is 5.58. The van der Waals surface area contributed by atoms with Crippen molar-refractivity contribution in [3.05, 3.63) is 29.3 Å². The SMILES string of the molecule is CCNC(c1cccc2c1OCC2)C1(C)CC1. The van der Waals surface area contributed by atoms with Crippen LogP contribution < -0.4 is 10.1 Å². The standard InChI is InChI=1S/C15H21NO/c1-3-16-14(15(2)8-9-15)12-6-4-5-11-7-10-17-13(11)12/h4-6,14,16H,3,7-10H2,1-2H3. The molecule has 1 unspecified atom stereocenters. The average Bonchev–Trinajstić information content (AvgIpc) is 2.91. The number of hydrogen-bond acceptors (Lipinski definition) is 2. The molecular formula is C15H21NO. The smallest absolute Gasteiger partial charge is 0.127 e. The van der Waals surface area contributed by atoms with Gasteiger partial charge in [0, 0.05) is 18.0 Å². The fourth-order valence-corrected chi connectivity index (χ4v) is 2.89. The minimum atomic E-state index is 0.442. The van der Waals surface area contributed by atoms with Crippen molar-refractivity contribution in [3.8, 4) is 5.75 Å². The molecule has 2 aliphatic rings. The zero-order chi connectivity index (χ0) is 11.9. The largest absolute Gasteiger partial charge is 0.493 e. The first-order valence-corrected chi connectivity index (χ1v) is 6.72. The normalized spacial score (nSPS) is 21.8. The van der Waals surface area contributed by atoms with Crippen molar-refractivity contribution >= 4 is 0 Å². The molecule has 3 rings (SSSR count). The number of fused-ring (bicyclic) bond motifs is 1. The molecule has 0 saturated heterocycles. The minimum Gasteiger partial charge on any atom is -0.493 e. The number of rotatable bonds is 4. The molecule has 1 saturated carbocycles. The highest BCUT2D eigenvalue weighted by Crippen LogP contribution is 2.56. The van der Waals surface area contributed by atoms with Crippen LogP contribution in [0.25, 0.3) is 0 Å². The molecule has 1 aromatic rings. The van der Waals surface area contributed by atoms with Gasteiger partial charge in [-0.2, -0.15) is 0 Å². The van der Waals surface area contributed by atoms with Crippen LogP contribution in [0, 0.1) is 5.41 Å². The fraction of sp³-hybridized carbons (Fsp3) is 0.600. The van der Waals surface area contributed by atoms with Crippen LogP contribution in [0.4, 0.5) is 0 Å². The highest BCUT2D eigenvalue weighted by atomic mass is 16.5. The number of hydrogen-bond donors (Lipinski definition) is 1. The average molecular weight is 231 g/mol. The van der Waals surface area contributed by atoms with E-state index in [1.54, 1.807) is 0 Å². The van der Waals surface area contributed by atoms with Gasteiger partial charge in [-0.15, -0.1) is 0 Å². The van der Waals surface area contributed by atoms with Gasteiger partial charge in [0.2, 0.25) is 0 Å². The highest BCUT2D eigenvalue weighted by molar-refractivity contribution is 5.46. The Hall–Kier alpha value is -1.02. The lowest BCUT2D eigenvalue weighted by molar-refractivity contribution is 0.327. The van der Waals surface area contributed by atoms with Gasteiger partial charge < -0.3 is 10.1 Å². The summed E-state index contributed by atoms with van der Waals surface area (Å²) in [5.41, 5.74) is 3.20. The van der Waals surface area contributed by atoms with Gasteiger partial charge in [-0.1, -0.05) is 32.0 Å². The summed E-state index contributed by atoms with van der Waals surface area (Å²) in [6, 6.07) is 7.07. The van der Waals surface area contributed by atoms with Crippen molar-refractivity contribution in [1.29, 1.82) is 0 Å². The molecule has 2 heteroatoms. The summed E-state index contributed by atoms with van der Waals surface area (Å²) in [6.45, 7) is 6.43. The van der Waals surface area contributed by atoms with Gasteiger partial charge in [0.15, 0.2) is 0 Å². The first-order valence-electron chi connectivity index (χ1n) is 6.72. The van der Waals surface area contributed by atoms with Crippen LogP contribution in [0.5, 0.6) is 5.75 Å². The van der Waals surface area contributed by atoms with Crippen molar-refractivity contribution in [2.45, 2.75) is 39.2 Å². The lowest BCUT2D eigenvalue weighted by Crippen LogP contribution is -2.28. The van der Waals surface area contributed by atoms with E-state index in [4.69, 9.17) is 4.74 Å². The van der Waals surface area contributed by atoms with Crippen molar-refractivity contribution < 1.29 is 4.74 Å². The molecule has 0 spiro atoms. The predicted octanol–water partition coefficient (Wildman–Crippen LogP) is 3.07. The molecule has 92 valence electrons. The third kappa shape index (κ3) is 1.85. The van der Waals surface area contributed by atoms with Crippen molar-refractivity contribution in [2.75, 3.05) is 13.2 Å². The number of para-hydroxylation sites is 1. The third-order valence-electron chi connectivity index (χ3n) is 4.20. The number of nitrogens with one attached hydrogen (secondary N) is 1. The molecule has 1 N–H and O–H groups in total. The van der Waals surface area contributed by atoms with E-state index in [9.17, 15) is 0 Å². The summed E-state index contributed by atoms with van der Waals surface area (Å²) in [6.07, 6.45) is 3.72. The van der Waals surface area contributed by atoms with E-state index in [1.807, 2.05) is 0 Å². The Kier molecular flexibility index (Phi) is 2.62. The number of benzene rings is 1. The van der Waals surface area contributed by atoms with Gasteiger partial charge in [0.1, 0.15) is 5.75 Å². The Labute approximate surface area is 103 Å². The van der Waals surface area contributed by atoms with Crippen LogP contribution in [-0.2, 0) is 6.42 Å². The molecule has 1 aliphatic heterocycles. The summed E-state index contributed by atoms with van der Waals surface area (Å²) < 4.78 is 5.84. The van der Waals surface area contributed by atoms with Gasteiger partial charge in [-0.3, -0.25) is 0 Å². The van der Waals surface area contributed by atoms with Crippen LogP contribution in [-0.4, -0.2) is 13.2 Å². The van der Waals surface area contributed by atoms with Crippen LogP contribution in [0.2, 0.25) is 0 Å².